The number of amides is 1. The van der Waals surface area contributed by atoms with E-state index in [0.717, 1.165) is 28.0 Å². The highest BCUT2D eigenvalue weighted by atomic mass is 16.5. The summed E-state index contributed by atoms with van der Waals surface area (Å²) in [6.07, 6.45) is 0. The van der Waals surface area contributed by atoms with Crippen LogP contribution in [0.5, 0.6) is 5.75 Å². The second kappa shape index (κ2) is 7.32. The van der Waals surface area contributed by atoms with Crippen LogP contribution in [-0.4, -0.2) is 18.6 Å². The molecule has 1 unspecified atom stereocenters. The van der Waals surface area contributed by atoms with Crippen LogP contribution in [0.1, 0.15) is 39.5 Å². The molecule has 1 amide bonds. The number of para-hydroxylation sites is 1. The van der Waals surface area contributed by atoms with Crippen LogP contribution in [0.15, 0.2) is 36.4 Å². The maximum atomic E-state index is 12.5. The first-order chi connectivity index (χ1) is 10.9. The lowest BCUT2D eigenvalue weighted by atomic mass is 10.0. The van der Waals surface area contributed by atoms with Crippen LogP contribution in [-0.2, 0) is 0 Å². The number of carbonyl (C=O) groups is 1. The topological polar surface area (TPSA) is 38.3 Å². The highest BCUT2D eigenvalue weighted by Gasteiger charge is 2.14. The number of carbonyl (C=O) groups excluding carboxylic acids is 1. The van der Waals surface area contributed by atoms with Gasteiger partial charge in [-0.15, -0.1) is 0 Å². The normalized spacial score (nSPS) is 11.9. The molecule has 0 aromatic heterocycles. The summed E-state index contributed by atoms with van der Waals surface area (Å²) in [5.74, 6) is 0.808. The Morgan fingerprint density at radius 3 is 2.35 bits per heavy atom. The Morgan fingerprint density at radius 1 is 1.00 bits per heavy atom. The Morgan fingerprint density at radius 2 is 1.65 bits per heavy atom. The van der Waals surface area contributed by atoms with Crippen molar-refractivity contribution in [3.05, 3.63) is 64.2 Å². The summed E-state index contributed by atoms with van der Waals surface area (Å²) < 4.78 is 5.79. The van der Waals surface area contributed by atoms with Crippen LogP contribution >= 0.6 is 0 Å². The maximum absolute atomic E-state index is 12.5. The number of hydrogen-bond acceptors (Lipinski definition) is 2. The highest BCUT2D eigenvalue weighted by molar-refractivity contribution is 5.96. The molecule has 2 aromatic carbocycles. The zero-order chi connectivity index (χ0) is 17.0. The molecule has 3 nitrogen and oxygen atoms in total. The molecule has 0 heterocycles. The molecule has 122 valence electrons. The van der Waals surface area contributed by atoms with E-state index < -0.39 is 0 Å². The molecule has 0 saturated carbocycles. The van der Waals surface area contributed by atoms with Gasteiger partial charge in [-0.05, 0) is 69.0 Å². The van der Waals surface area contributed by atoms with Gasteiger partial charge in [0, 0.05) is 5.56 Å². The first-order valence-electron chi connectivity index (χ1n) is 7.95. The lowest BCUT2D eigenvalue weighted by Gasteiger charge is -2.17. The first kappa shape index (κ1) is 17.1. The Bertz CT molecular complexity index is 707. The SMILES string of the molecule is Cc1cc(C)c(C(=O)NC(C)COc2ccccc2C)cc1C. The van der Waals surface area contributed by atoms with Crippen molar-refractivity contribution in [1.29, 1.82) is 0 Å². The summed E-state index contributed by atoms with van der Waals surface area (Å²) in [5, 5.41) is 3.01. The molecule has 0 aliphatic carbocycles. The average Bonchev–Trinajstić information content (AvgIpc) is 2.50. The summed E-state index contributed by atoms with van der Waals surface area (Å²) in [4.78, 5) is 12.5. The van der Waals surface area contributed by atoms with Gasteiger partial charge in [0.25, 0.3) is 5.91 Å². The van der Waals surface area contributed by atoms with Crippen molar-refractivity contribution >= 4 is 5.91 Å². The van der Waals surface area contributed by atoms with Gasteiger partial charge < -0.3 is 10.1 Å². The quantitative estimate of drug-likeness (QED) is 0.902. The molecule has 0 radical (unpaired) electrons. The van der Waals surface area contributed by atoms with Gasteiger partial charge in [-0.2, -0.15) is 0 Å². The lowest BCUT2D eigenvalue weighted by Crippen LogP contribution is -2.37. The molecule has 0 spiro atoms. The second-order valence-electron chi connectivity index (χ2n) is 6.20. The van der Waals surface area contributed by atoms with Crippen molar-refractivity contribution in [3.8, 4) is 5.75 Å². The second-order valence-corrected chi connectivity index (χ2v) is 6.20. The summed E-state index contributed by atoms with van der Waals surface area (Å²) in [6.45, 7) is 10.5. The van der Waals surface area contributed by atoms with E-state index in [1.165, 1.54) is 5.56 Å². The Labute approximate surface area is 138 Å². The Balaban J connectivity index is 1.97. The molecular formula is C20H25NO2. The van der Waals surface area contributed by atoms with Crippen molar-refractivity contribution in [2.24, 2.45) is 0 Å². The third-order valence-electron chi connectivity index (χ3n) is 4.05. The van der Waals surface area contributed by atoms with Gasteiger partial charge in [-0.1, -0.05) is 24.3 Å². The molecule has 1 atom stereocenters. The number of hydrogen-bond donors (Lipinski definition) is 1. The standard InChI is InChI=1S/C20H25NO2/c1-13-8-6-7-9-19(13)23-12-17(5)21-20(22)18-11-15(3)14(2)10-16(18)4/h6-11,17H,12H2,1-5H3,(H,21,22). The zero-order valence-corrected chi connectivity index (χ0v) is 14.6. The fraction of sp³-hybridized carbons (Fsp3) is 0.350. The molecule has 0 aliphatic rings. The Kier molecular flexibility index (Phi) is 5.43. The van der Waals surface area contributed by atoms with Gasteiger partial charge in [-0.3, -0.25) is 4.79 Å². The number of ether oxygens (including phenoxy) is 1. The maximum Gasteiger partial charge on any atom is 0.251 e. The predicted octanol–water partition coefficient (Wildman–Crippen LogP) is 4.12. The van der Waals surface area contributed by atoms with Crippen molar-refractivity contribution in [2.45, 2.75) is 40.7 Å². The molecule has 0 bridgehead atoms. The lowest BCUT2D eigenvalue weighted by molar-refractivity contribution is 0.0926. The van der Waals surface area contributed by atoms with Crippen LogP contribution in [0.25, 0.3) is 0 Å². The van der Waals surface area contributed by atoms with E-state index in [1.807, 2.05) is 58.0 Å². The van der Waals surface area contributed by atoms with Gasteiger partial charge >= 0.3 is 0 Å². The van der Waals surface area contributed by atoms with Crippen LogP contribution in [0.4, 0.5) is 0 Å². The van der Waals surface area contributed by atoms with Crippen LogP contribution < -0.4 is 10.1 Å². The van der Waals surface area contributed by atoms with Crippen LogP contribution in [0, 0.1) is 27.7 Å². The molecule has 2 rings (SSSR count). The van der Waals surface area contributed by atoms with Crippen molar-refractivity contribution in [1.82, 2.24) is 5.32 Å². The zero-order valence-electron chi connectivity index (χ0n) is 14.6. The number of benzene rings is 2. The Hall–Kier alpha value is -2.29. The third-order valence-corrected chi connectivity index (χ3v) is 4.05. The molecule has 0 fully saturated rings. The number of aryl methyl sites for hydroxylation is 4. The van der Waals surface area contributed by atoms with Crippen molar-refractivity contribution in [3.63, 3.8) is 0 Å². The van der Waals surface area contributed by atoms with Gasteiger partial charge in [0.05, 0.1) is 6.04 Å². The van der Waals surface area contributed by atoms with E-state index in [4.69, 9.17) is 4.74 Å². The average molecular weight is 311 g/mol. The van der Waals surface area contributed by atoms with Crippen LogP contribution in [0.3, 0.4) is 0 Å². The molecular weight excluding hydrogens is 286 g/mol. The van der Waals surface area contributed by atoms with E-state index >= 15 is 0 Å². The monoisotopic (exact) mass is 311 g/mol. The molecule has 3 heteroatoms. The smallest absolute Gasteiger partial charge is 0.251 e. The van der Waals surface area contributed by atoms with Gasteiger partial charge in [0.1, 0.15) is 12.4 Å². The fourth-order valence-electron chi connectivity index (χ4n) is 2.48. The summed E-state index contributed by atoms with van der Waals surface area (Å²) in [5.41, 5.74) is 5.16. The molecule has 0 aliphatic heterocycles. The fourth-order valence-corrected chi connectivity index (χ4v) is 2.48. The van der Waals surface area contributed by atoms with Crippen LogP contribution in [0.2, 0.25) is 0 Å². The largest absolute Gasteiger partial charge is 0.491 e. The number of nitrogens with one attached hydrogen (secondary N) is 1. The molecule has 23 heavy (non-hydrogen) atoms. The summed E-state index contributed by atoms with van der Waals surface area (Å²) >= 11 is 0. The van der Waals surface area contributed by atoms with Gasteiger partial charge in [0.15, 0.2) is 0 Å². The highest BCUT2D eigenvalue weighted by Crippen LogP contribution is 2.17. The van der Waals surface area contributed by atoms with Gasteiger partial charge in [0.2, 0.25) is 0 Å². The minimum Gasteiger partial charge on any atom is -0.491 e. The van der Waals surface area contributed by atoms with E-state index in [-0.39, 0.29) is 11.9 Å². The van der Waals surface area contributed by atoms with Gasteiger partial charge in [-0.25, -0.2) is 0 Å². The van der Waals surface area contributed by atoms with Crippen molar-refractivity contribution < 1.29 is 9.53 Å². The molecule has 1 N–H and O–H groups in total. The van der Waals surface area contributed by atoms with E-state index in [9.17, 15) is 4.79 Å². The van der Waals surface area contributed by atoms with Crippen molar-refractivity contribution in [2.75, 3.05) is 6.61 Å². The summed E-state index contributed by atoms with van der Waals surface area (Å²) in [7, 11) is 0. The molecule has 2 aromatic rings. The van der Waals surface area contributed by atoms with E-state index in [0.29, 0.717) is 6.61 Å². The minimum atomic E-state index is -0.0666. The first-order valence-corrected chi connectivity index (χ1v) is 7.95. The third kappa shape index (κ3) is 4.35. The number of rotatable bonds is 5. The predicted molar refractivity (Wildman–Crippen MR) is 94.3 cm³/mol. The summed E-state index contributed by atoms with van der Waals surface area (Å²) in [6, 6.07) is 11.8. The molecule has 0 saturated heterocycles. The minimum absolute atomic E-state index is 0.0496. The van der Waals surface area contributed by atoms with E-state index in [1.54, 1.807) is 0 Å². The van der Waals surface area contributed by atoms with E-state index in [2.05, 4.69) is 18.3 Å².